The number of rotatable bonds is 40. The second-order valence-corrected chi connectivity index (χ2v) is 16.4. The van der Waals surface area contributed by atoms with Crippen LogP contribution >= 0.6 is 0 Å². The number of carbonyl (C=O) groups excluding carboxylic acids is 3. The highest BCUT2D eigenvalue weighted by Gasteiger charge is 2.24. The molecule has 2 unspecified atom stereocenters. The van der Waals surface area contributed by atoms with E-state index in [-0.39, 0.29) is 31.8 Å². The molecule has 2 atom stereocenters. The first-order chi connectivity index (χ1) is 25.6. The van der Waals surface area contributed by atoms with E-state index in [1.54, 1.807) is 0 Å². The zero-order chi connectivity index (χ0) is 39.3. The lowest BCUT2D eigenvalue weighted by Gasteiger charge is -2.31. The predicted molar refractivity (Wildman–Crippen MR) is 221 cm³/mol. The van der Waals surface area contributed by atoms with Gasteiger partial charge in [0, 0.05) is 25.7 Å². The standard InChI is InChI=1S/C46H85NO6/c1-6-8-10-12-14-16-18-20-22-24-26-28-30-32-34-38-45(50)53-44(46(51)43(49)37-35-39-47(3,4)5)41-52-40-42(48)36-33-31-29-27-25-23-21-19-17-15-13-11-9-7-2/h19-22,44,46H,6-18,23-41H2,1-5H3/b21-19+,22-20+. The number of ether oxygens (including phenoxy) is 2. The monoisotopic (exact) mass is 748 g/mol. The molecule has 0 heterocycles. The Morgan fingerprint density at radius 3 is 1.42 bits per heavy atom. The van der Waals surface area contributed by atoms with Crippen LogP contribution in [0.2, 0.25) is 0 Å². The van der Waals surface area contributed by atoms with Crippen molar-refractivity contribution in [3.8, 4) is 0 Å². The van der Waals surface area contributed by atoms with E-state index in [1.807, 2.05) is 21.1 Å². The van der Waals surface area contributed by atoms with Gasteiger partial charge in [0.1, 0.15) is 18.5 Å². The van der Waals surface area contributed by atoms with Crippen LogP contribution in [0.4, 0.5) is 0 Å². The number of quaternary nitrogens is 1. The number of nitrogens with zero attached hydrogens (tertiary/aromatic N) is 1. The van der Waals surface area contributed by atoms with Gasteiger partial charge in [0.05, 0.1) is 34.3 Å². The molecule has 0 aliphatic carbocycles. The molecule has 0 aliphatic heterocycles. The quantitative estimate of drug-likeness (QED) is 0.0268. The Morgan fingerprint density at radius 2 is 0.962 bits per heavy atom. The number of hydrogen-bond donors (Lipinski definition) is 0. The van der Waals surface area contributed by atoms with Crippen LogP contribution in [0, 0.1) is 0 Å². The molecule has 7 nitrogen and oxygen atoms in total. The van der Waals surface area contributed by atoms with Gasteiger partial charge in [0.15, 0.2) is 5.78 Å². The minimum Gasteiger partial charge on any atom is -0.844 e. The molecule has 0 saturated heterocycles. The van der Waals surface area contributed by atoms with Gasteiger partial charge in [-0.25, -0.2) is 0 Å². The third kappa shape index (κ3) is 36.9. The van der Waals surface area contributed by atoms with Crippen LogP contribution in [0.5, 0.6) is 0 Å². The first-order valence-electron chi connectivity index (χ1n) is 22.2. The molecular weight excluding hydrogens is 663 g/mol. The van der Waals surface area contributed by atoms with E-state index in [0.29, 0.717) is 23.7 Å². The lowest BCUT2D eigenvalue weighted by molar-refractivity contribution is -0.870. The average molecular weight is 748 g/mol. The fourth-order valence-corrected chi connectivity index (χ4v) is 6.41. The van der Waals surface area contributed by atoms with Gasteiger partial charge >= 0.3 is 5.97 Å². The van der Waals surface area contributed by atoms with E-state index in [1.165, 1.54) is 96.3 Å². The molecule has 0 aromatic carbocycles. The fraction of sp³-hybridized carbons (Fsp3) is 0.848. The van der Waals surface area contributed by atoms with Crippen LogP contribution in [0.3, 0.4) is 0 Å². The Balaban J connectivity index is 4.36. The van der Waals surface area contributed by atoms with Crippen molar-refractivity contribution in [2.75, 3.05) is 40.9 Å². The van der Waals surface area contributed by atoms with Crippen molar-refractivity contribution >= 4 is 17.5 Å². The number of ketones is 2. The SMILES string of the molecule is CCCCCCC/C=C/CCCCCCCC(=O)COCC(OC(=O)CCCCCCC/C=C/CCCCCCCC)C([O-])C(=O)CCC[N+](C)(C)C. The molecule has 0 amide bonds. The van der Waals surface area contributed by atoms with Crippen LogP contribution in [-0.2, 0) is 23.9 Å². The number of Topliss-reactive ketones (excluding diaryl/α,β-unsaturated/α-hetero) is 2. The van der Waals surface area contributed by atoms with Crippen molar-refractivity contribution in [3.63, 3.8) is 0 Å². The summed E-state index contributed by atoms with van der Waals surface area (Å²) in [4.78, 5) is 38.0. The fourth-order valence-electron chi connectivity index (χ4n) is 6.41. The van der Waals surface area contributed by atoms with Crippen LogP contribution in [0.25, 0.3) is 0 Å². The summed E-state index contributed by atoms with van der Waals surface area (Å²) in [6, 6.07) is 0. The first kappa shape index (κ1) is 51.2. The normalized spacial score (nSPS) is 13.2. The summed E-state index contributed by atoms with van der Waals surface area (Å²) in [6.45, 7) is 4.90. The summed E-state index contributed by atoms with van der Waals surface area (Å²) in [5, 5.41) is 13.1. The highest BCUT2D eigenvalue weighted by molar-refractivity contribution is 5.83. The number of carbonyl (C=O) groups is 3. The van der Waals surface area contributed by atoms with E-state index < -0.39 is 24.0 Å². The molecule has 0 aromatic heterocycles. The number of unbranched alkanes of at least 4 members (excludes halogenated alkanes) is 21. The summed E-state index contributed by atoms with van der Waals surface area (Å²) >= 11 is 0. The third-order valence-corrected chi connectivity index (χ3v) is 9.85. The molecule has 0 spiro atoms. The molecule has 0 rings (SSSR count). The zero-order valence-electron chi connectivity index (χ0n) is 35.5. The smallest absolute Gasteiger partial charge is 0.306 e. The molecule has 0 aliphatic rings. The van der Waals surface area contributed by atoms with Crippen LogP contribution < -0.4 is 5.11 Å². The van der Waals surface area contributed by atoms with Crippen molar-refractivity contribution in [3.05, 3.63) is 24.3 Å². The molecule has 53 heavy (non-hydrogen) atoms. The largest absolute Gasteiger partial charge is 0.844 e. The van der Waals surface area contributed by atoms with E-state index in [0.717, 1.165) is 64.3 Å². The maximum absolute atomic E-state index is 13.1. The summed E-state index contributed by atoms with van der Waals surface area (Å²) in [5.74, 6) is -0.965. The number of esters is 1. The van der Waals surface area contributed by atoms with E-state index in [9.17, 15) is 19.5 Å². The number of hydrogen-bond acceptors (Lipinski definition) is 6. The molecule has 7 heteroatoms. The molecule has 0 radical (unpaired) electrons. The Hall–Kier alpha value is -1.83. The molecule has 0 fully saturated rings. The van der Waals surface area contributed by atoms with Gasteiger partial charge in [0.2, 0.25) is 0 Å². The van der Waals surface area contributed by atoms with Gasteiger partial charge in [-0.15, -0.1) is 0 Å². The van der Waals surface area contributed by atoms with Crippen LogP contribution in [0.1, 0.15) is 200 Å². The van der Waals surface area contributed by atoms with Gasteiger partial charge in [-0.05, 0) is 70.3 Å². The maximum Gasteiger partial charge on any atom is 0.306 e. The summed E-state index contributed by atoms with van der Waals surface area (Å²) < 4.78 is 11.8. The van der Waals surface area contributed by atoms with E-state index in [4.69, 9.17) is 9.47 Å². The Kier molecular flexibility index (Phi) is 35.8. The number of allylic oxidation sites excluding steroid dienone is 4. The van der Waals surface area contributed by atoms with Crippen molar-refractivity contribution in [1.29, 1.82) is 0 Å². The van der Waals surface area contributed by atoms with Crippen LogP contribution in [0.15, 0.2) is 24.3 Å². The van der Waals surface area contributed by atoms with Gasteiger partial charge in [-0.3, -0.25) is 9.59 Å². The predicted octanol–water partition coefficient (Wildman–Crippen LogP) is 11.0. The molecule has 0 N–H and O–H groups in total. The highest BCUT2D eigenvalue weighted by Crippen LogP contribution is 2.14. The summed E-state index contributed by atoms with van der Waals surface area (Å²) in [6.07, 6.45) is 37.2. The zero-order valence-corrected chi connectivity index (χ0v) is 35.5. The topological polar surface area (TPSA) is 92.7 Å². The van der Waals surface area contributed by atoms with Gasteiger partial charge in [-0.2, -0.15) is 0 Å². The Morgan fingerprint density at radius 1 is 0.547 bits per heavy atom. The Labute approximate surface area is 327 Å². The maximum atomic E-state index is 13.1. The van der Waals surface area contributed by atoms with Crippen molar-refractivity contribution < 1.29 is 33.4 Å². The second kappa shape index (κ2) is 37.1. The van der Waals surface area contributed by atoms with E-state index in [2.05, 4.69) is 38.2 Å². The van der Waals surface area contributed by atoms with E-state index >= 15 is 0 Å². The first-order valence-corrected chi connectivity index (χ1v) is 22.2. The molecule has 0 aromatic rings. The van der Waals surface area contributed by atoms with Crippen molar-refractivity contribution in [1.82, 2.24) is 0 Å². The minimum absolute atomic E-state index is 0.0260. The molecular formula is C46H85NO6. The average Bonchev–Trinajstić information content (AvgIpc) is 3.12. The van der Waals surface area contributed by atoms with Gasteiger partial charge < -0.3 is 23.9 Å². The van der Waals surface area contributed by atoms with Crippen molar-refractivity contribution in [2.45, 2.75) is 212 Å². The second-order valence-electron chi connectivity index (χ2n) is 16.4. The molecule has 310 valence electrons. The highest BCUT2D eigenvalue weighted by atomic mass is 16.6. The lowest BCUT2D eigenvalue weighted by Crippen LogP contribution is -2.49. The Bertz CT molecular complexity index is 923. The van der Waals surface area contributed by atoms with Crippen molar-refractivity contribution in [2.24, 2.45) is 0 Å². The summed E-state index contributed by atoms with van der Waals surface area (Å²) in [5.41, 5.74) is 0. The third-order valence-electron chi connectivity index (χ3n) is 9.85. The molecule has 0 saturated carbocycles. The van der Waals surface area contributed by atoms with Gasteiger partial charge in [-0.1, -0.05) is 134 Å². The lowest BCUT2D eigenvalue weighted by atomic mass is 10.0. The van der Waals surface area contributed by atoms with Gasteiger partial charge in [0.25, 0.3) is 0 Å². The molecule has 0 bridgehead atoms. The van der Waals surface area contributed by atoms with Crippen LogP contribution in [-0.4, -0.2) is 75.1 Å². The summed E-state index contributed by atoms with van der Waals surface area (Å²) in [7, 11) is 6.12. The minimum atomic E-state index is -1.71.